The molecule has 1 unspecified atom stereocenters. The molecule has 0 spiro atoms. The molecular formula is C16H24ClNO2. The first-order chi connectivity index (χ1) is 9.62. The standard InChI is InChI=1S/C16H24ClNO2/c1-4-14(18)9-13-7-6-8-15(19-5-2)16(13)20-11-12(3)10-17/h6-8,10,14H,4-5,9,11,18H2,1-3H3/b12-10+. The number of para-hydroxylation sites is 1. The van der Waals surface area contributed by atoms with Crippen LogP contribution in [0, 0.1) is 0 Å². The summed E-state index contributed by atoms with van der Waals surface area (Å²) >= 11 is 5.67. The maximum atomic E-state index is 6.05. The van der Waals surface area contributed by atoms with Gasteiger partial charge in [-0.2, -0.15) is 0 Å². The van der Waals surface area contributed by atoms with E-state index in [1.165, 1.54) is 5.54 Å². The number of ether oxygens (including phenoxy) is 2. The van der Waals surface area contributed by atoms with Gasteiger partial charge in [-0.15, -0.1) is 0 Å². The lowest BCUT2D eigenvalue weighted by Crippen LogP contribution is -2.22. The Morgan fingerprint density at radius 3 is 2.70 bits per heavy atom. The van der Waals surface area contributed by atoms with Crippen molar-refractivity contribution in [2.45, 2.75) is 39.7 Å². The SMILES string of the molecule is CCOc1cccc(CC(N)CC)c1OC/C(C)=C/Cl. The van der Waals surface area contributed by atoms with Gasteiger partial charge in [-0.1, -0.05) is 30.7 Å². The minimum atomic E-state index is 0.124. The summed E-state index contributed by atoms with van der Waals surface area (Å²) in [5, 5.41) is 0. The third-order valence-electron chi connectivity index (χ3n) is 3.00. The van der Waals surface area contributed by atoms with Crippen LogP contribution in [0.2, 0.25) is 0 Å². The van der Waals surface area contributed by atoms with Gasteiger partial charge in [0.15, 0.2) is 11.5 Å². The molecule has 1 aromatic carbocycles. The minimum absolute atomic E-state index is 0.124. The Morgan fingerprint density at radius 2 is 2.10 bits per heavy atom. The van der Waals surface area contributed by atoms with Crippen molar-refractivity contribution >= 4 is 11.6 Å². The second kappa shape index (κ2) is 8.88. The topological polar surface area (TPSA) is 44.5 Å². The van der Waals surface area contributed by atoms with Crippen LogP contribution < -0.4 is 15.2 Å². The molecule has 112 valence electrons. The van der Waals surface area contributed by atoms with Gasteiger partial charge in [0, 0.05) is 11.6 Å². The van der Waals surface area contributed by atoms with E-state index >= 15 is 0 Å². The quantitative estimate of drug-likeness (QED) is 0.792. The van der Waals surface area contributed by atoms with E-state index in [0.29, 0.717) is 13.2 Å². The third-order valence-corrected chi connectivity index (χ3v) is 3.37. The van der Waals surface area contributed by atoms with Crippen LogP contribution in [0.5, 0.6) is 11.5 Å². The van der Waals surface area contributed by atoms with Gasteiger partial charge in [0.1, 0.15) is 6.61 Å². The molecule has 4 heteroatoms. The van der Waals surface area contributed by atoms with Crippen molar-refractivity contribution in [3.63, 3.8) is 0 Å². The van der Waals surface area contributed by atoms with Crippen molar-refractivity contribution < 1.29 is 9.47 Å². The maximum Gasteiger partial charge on any atom is 0.164 e. The summed E-state index contributed by atoms with van der Waals surface area (Å²) in [7, 11) is 0. The van der Waals surface area contributed by atoms with E-state index in [9.17, 15) is 0 Å². The zero-order valence-corrected chi connectivity index (χ0v) is 13.2. The summed E-state index contributed by atoms with van der Waals surface area (Å²) in [5.41, 5.74) is 9.62. The van der Waals surface area contributed by atoms with E-state index in [-0.39, 0.29) is 6.04 Å². The summed E-state index contributed by atoms with van der Waals surface area (Å²) in [5.74, 6) is 1.53. The molecule has 0 aliphatic carbocycles. The predicted octanol–water partition coefficient (Wildman–Crippen LogP) is 3.89. The predicted molar refractivity (Wildman–Crippen MR) is 84.7 cm³/mol. The van der Waals surface area contributed by atoms with Gasteiger partial charge in [-0.25, -0.2) is 0 Å². The summed E-state index contributed by atoms with van der Waals surface area (Å²) in [4.78, 5) is 0. The highest BCUT2D eigenvalue weighted by Crippen LogP contribution is 2.32. The summed E-state index contributed by atoms with van der Waals surface area (Å²) in [6.45, 7) is 7.01. The number of halogens is 1. The first-order valence-corrected chi connectivity index (χ1v) is 7.44. The average Bonchev–Trinajstić information content (AvgIpc) is 2.46. The van der Waals surface area contributed by atoms with Crippen LogP contribution in [0.15, 0.2) is 29.3 Å². The molecule has 2 N–H and O–H groups in total. The van der Waals surface area contributed by atoms with Gasteiger partial charge < -0.3 is 15.2 Å². The molecule has 0 radical (unpaired) electrons. The molecule has 0 bridgehead atoms. The zero-order valence-electron chi connectivity index (χ0n) is 12.5. The second-order valence-electron chi connectivity index (χ2n) is 4.79. The van der Waals surface area contributed by atoms with Crippen LogP contribution in [0.4, 0.5) is 0 Å². The monoisotopic (exact) mass is 297 g/mol. The molecule has 0 saturated carbocycles. The largest absolute Gasteiger partial charge is 0.490 e. The van der Waals surface area contributed by atoms with Crippen LogP contribution >= 0.6 is 11.6 Å². The summed E-state index contributed by atoms with van der Waals surface area (Å²) < 4.78 is 11.5. The van der Waals surface area contributed by atoms with E-state index in [0.717, 1.165) is 35.5 Å². The molecule has 0 fully saturated rings. The Bertz CT molecular complexity index is 446. The van der Waals surface area contributed by atoms with E-state index in [1.54, 1.807) is 0 Å². The molecule has 0 aliphatic rings. The van der Waals surface area contributed by atoms with E-state index in [2.05, 4.69) is 6.92 Å². The van der Waals surface area contributed by atoms with Crippen LogP contribution in [0.25, 0.3) is 0 Å². The molecule has 0 saturated heterocycles. The highest BCUT2D eigenvalue weighted by Gasteiger charge is 2.13. The van der Waals surface area contributed by atoms with Gasteiger partial charge >= 0.3 is 0 Å². The molecule has 1 rings (SSSR count). The average molecular weight is 298 g/mol. The fourth-order valence-corrected chi connectivity index (χ4v) is 1.86. The number of hydrogen-bond donors (Lipinski definition) is 1. The number of hydrogen-bond acceptors (Lipinski definition) is 3. The number of nitrogens with two attached hydrogens (primary N) is 1. The molecule has 20 heavy (non-hydrogen) atoms. The first kappa shape index (κ1) is 16.9. The van der Waals surface area contributed by atoms with Crippen molar-refractivity contribution in [2.75, 3.05) is 13.2 Å². The van der Waals surface area contributed by atoms with Crippen molar-refractivity contribution in [2.24, 2.45) is 5.73 Å². The fraction of sp³-hybridized carbons (Fsp3) is 0.500. The lowest BCUT2D eigenvalue weighted by molar-refractivity contribution is 0.290. The second-order valence-corrected chi connectivity index (χ2v) is 5.01. The molecule has 0 aromatic heterocycles. The van der Waals surface area contributed by atoms with Crippen LogP contribution in [-0.2, 0) is 6.42 Å². The highest BCUT2D eigenvalue weighted by atomic mass is 35.5. The van der Waals surface area contributed by atoms with Crippen molar-refractivity contribution in [3.05, 3.63) is 34.9 Å². The number of benzene rings is 1. The zero-order chi connectivity index (χ0) is 15.0. The molecular weight excluding hydrogens is 274 g/mol. The van der Waals surface area contributed by atoms with E-state index < -0.39 is 0 Å². The van der Waals surface area contributed by atoms with Gasteiger partial charge in [0.2, 0.25) is 0 Å². The van der Waals surface area contributed by atoms with E-state index in [4.69, 9.17) is 26.8 Å². The van der Waals surface area contributed by atoms with Crippen LogP contribution in [0.3, 0.4) is 0 Å². The summed E-state index contributed by atoms with van der Waals surface area (Å²) in [6.07, 6.45) is 1.70. The Morgan fingerprint density at radius 1 is 1.35 bits per heavy atom. The Balaban J connectivity index is 2.99. The third kappa shape index (κ3) is 5.06. The Kier molecular flexibility index (Phi) is 7.48. The normalized spacial score (nSPS) is 13.2. The van der Waals surface area contributed by atoms with Crippen molar-refractivity contribution in [3.8, 4) is 11.5 Å². The molecule has 1 aromatic rings. The lowest BCUT2D eigenvalue weighted by atomic mass is 10.0. The van der Waals surface area contributed by atoms with E-state index in [1.807, 2.05) is 32.0 Å². The van der Waals surface area contributed by atoms with Crippen LogP contribution in [0.1, 0.15) is 32.8 Å². The van der Waals surface area contributed by atoms with Gasteiger partial charge in [-0.05, 0) is 43.9 Å². The van der Waals surface area contributed by atoms with Gasteiger partial charge in [0.25, 0.3) is 0 Å². The fourth-order valence-electron chi connectivity index (χ4n) is 1.80. The summed E-state index contributed by atoms with van der Waals surface area (Å²) in [6, 6.07) is 6.05. The lowest BCUT2D eigenvalue weighted by Gasteiger charge is -2.18. The van der Waals surface area contributed by atoms with Gasteiger partial charge in [-0.3, -0.25) is 0 Å². The van der Waals surface area contributed by atoms with Crippen LogP contribution in [-0.4, -0.2) is 19.3 Å². The molecule has 3 nitrogen and oxygen atoms in total. The smallest absolute Gasteiger partial charge is 0.164 e. The molecule has 1 atom stereocenters. The molecule has 0 aliphatic heterocycles. The molecule has 0 amide bonds. The van der Waals surface area contributed by atoms with Crippen molar-refractivity contribution in [1.29, 1.82) is 0 Å². The number of rotatable bonds is 8. The van der Waals surface area contributed by atoms with Gasteiger partial charge in [0.05, 0.1) is 6.61 Å². The highest BCUT2D eigenvalue weighted by molar-refractivity contribution is 6.25. The Labute approximate surface area is 126 Å². The maximum absolute atomic E-state index is 6.05. The minimum Gasteiger partial charge on any atom is -0.490 e. The molecule has 0 heterocycles. The first-order valence-electron chi connectivity index (χ1n) is 7.01. The van der Waals surface area contributed by atoms with Crippen molar-refractivity contribution in [1.82, 2.24) is 0 Å². The Hall–Kier alpha value is -1.19.